The van der Waals surface area contributed by atoms with Gasteiger partial charge in [0.1, 0.15) is 0 Å². The zero-order chi connectivity index (χ0) is 14.5. The van der Waals surface area contributed by atoms with E-state index in [0.29, 0.717) is 22.7 Å². The number of carbonyl (C=O) groups is 1. The Balaban J connectivity index is 0.00000220. The van der Waals surface area contributed by atoms with Crippen LogP contribution in [0.15, 0.2) is 48.5 Å². The van der Waals surface area contributed by atoms with Crippen LogP contribution in [0.4, 0.5) is 5.69 Å². The highest BCUT2D eigenvalue weighted by atomic mass is 35.5. The van der Waals surface area contributed by atoms with Crippen molar-refractivity contribution in [2.45, 2.75) is 0 Å². The van der Waals surface area contributed by atoms with Crippen LogP contribution in [-0.2, 0) is 0 Å². The highest BCUT2D eigenvalue weighted by Crippen LogP contribution is 2.31. The van der Waals surface area contributed by atoms with Gasteiger partial charge in [0.2, 0.25) is 0 Å². The number of carbonyl (C=O) groups excluding carboxylic acids is 1. The van der Waals surface area contributed by atoms with E-state index in [1.165, 1.54) is 7.11 Å². The van der Waals surface area contributed by atoms with Crippen molar-refractivity contribution in [3.05, 3.63) is 54.1 Å². The number of hydrogen-bond donors (Lipinski definition) is 1. The van der Waals surface area contributed by atoms with E-state index in [-0.39, 0.29) is 18.3 Å². The highest BCUT2D eigenvalue weighted by molar-refractivity contribution is 6.05. The summed E-state index contributed by atoms with van der Waals surface area (Å²) >= 11 is 0. The molecule has 2 aromatic rings. The molecular formula is C15H17ClN2O3. The predicted octanol–water partition coefficient (Wildman–Crippen LogP) is 2.65. The molecule has 21 heavy (non-hydrogen) atoms. The van der Waals surface area contributed by atoms with Crippen molar-refractivity contribution < 1.29 is 14.3 Å². The Bertz CT molecular complexity index is 605. The van der Waals surface area contributed by atoms with Gasteiger partial charge in [-0.15, -0.1) is 12.4 Å². The van der Waals surface area contributed by atoms with E-state index >= 15 is 0 Å². The summed E-state index contributed by atoms with van der Waals surface area (Å²) in [6.45, 7) is 0. The molecule has 2 aromatic carbocycles. The van der Waals surface area contributed by atoms with Gasteiger partial charge in [0, 0.05) is 11.6 Å². The largest absolute Gasteiger partial charge is 0.493 e. The Labute approximate surface area is 129 Å². The summed E-state index contributed by atoms with van der Waals surface area (Å²) in [5, 5.41) is 1.08. The lowest BCUT2D eigenvalue weighted by Crippen LogP contribution is -2.37. The Kier molecular flexibility index (Phi) is 6.02. The molecule has 0 fully saturated rings. The minimum atomic E-state index is -0.294. The van der Waals surface area contributed by atoms with Crippen molar-refractivity contribution in [2.24, 2.45) is 5.84 Å². The molecule has 0 aliphatic rings. The summed E-state index contributed by atoms with van der Waals surface area (Å²) in [4.78, 5) is 12.2. The third kappa shape index (κ3) is 3.65. The minimum Gasteiger partial charge on any atom is -0.493 e. The van der Waals surface area contributed by atoms with Gasteiger partial charge in [-0.1, -0.05) is 18.2 Å². The lowest BCUT2D eigenvalue weighted by Gasteiger charge is -2.18. The number of anilines is 1. The van der Waals surface area contributed by atoms with Gasteiger partial charge in [-0.2, -0.15) is 0 Å². The molecule has 112 valence electrons. The lowest BCUT2D eigenvalue weighted by molar-refractivity contribution is 0.0987. The highest BCUT2D eigenvalue weighted by Gasteiger charge is 2.15. The van der Waals surface area contributed by atoms with Crippen LogP contribution >= 0.6 is 12.4 Å². The Morgan fingerprint density at radius 2 is 1.62 bits per heavy atom. The molecule has 0 radical (unpaired) electrons. The Hall–Kier alpha value is -2.24. The molecule has 5 nitrogen and oxygen atoms in total. The summed E-state index contributed by atoms with van der Waals surface area (Å²) in [6.07, 6.45) is 0. The monoisotopic (exact) mass is 308 g/mol. The second-order valence-corrected chi connectivity index (χ2v) is 4.08. The van der Waals surface area contributed by atoms with Gasteiger partial charge in [-0.25, -0.2) is 10.9 Å². The maximum Gasteiger partial charge on any atom is 0.272 e. The molecule has 0 bridgehead atoms. The second kappa shape index (κ2) is 7.52. The molecule has 2 rings (SSSR count). The number of hydrazine groups is 1. The van der Waals surface area contributed by atoms with Crippen molar-refractivity contribution in [3.63, 3.8) is 0 Å². The predicted molar refractivity (Wildman–Crippen MR) is 84.2 cm³/mol. The number of halogens is 1. The summed E-state index contributed by atoms with van der Waals surface area (Å²) in [7, 11) is 3.08. The normalized spacial score (nSPS) is 9.48. The molecule has 6 heteroatoms. The third-order valence-corrected chi connectivity index (χ3v) is 2.88. The first-order valence-corrected chi connectivity index (χ1v) is 6.03. The van der Waals surface area contributed by atoms with Gasteiger partial charge in [-0.3, -0.25) is 4.79 Å². The molecule has 0 spiro atoms. The van der Waals surface area contributed by atoms with Crippen LogP contribution in [0.1, 0.15) is 10.4 Å². The SMILES string of the molecule is COc1ccc(N(N)C(=O)c2ccccc2)cc1OC.Cl. The van der Waals surface area contributed by atoms with E-state index in [1.807, 2.05) is 6.07 Å². The van der Waals surface area contributed by atoms with Crippen molar-refractivity contribution in [1.82, 2.24) is 0 Å². The number of benzene rings is 2. The van der Waals surface area contributed by atoms with Crippen molar-refractivity contribution in [1.29, 1.82) is 0 Å². The van der Waals surface area contributed by atoms with Crippen LogP contribution in [0, 0.1) is 0 Å². The van der Waals surface area contributed by atoms with Gasteiger partial charge in [0.15, 0.2) is 11.5 Å². The third-order valence-electron chi connectivity index (χ3n) is 2.88. The van der Waals surface area contributed by atoms with Gasteiger partial charge in [-0.05, 0) is 24.3 Å². The fourth-order valence-electron chi connectivity index (χ4n) is 1.81. The fraction of sp³-hybridized carbons (Fsp3) is 0.133. The summed E-state index contributed by atoms with van der Waals surface area (Å²) in [6, 6.07) is 13.9. The fourth-order valence-corrected chi connectivity index (χ4v) is 1.81. The molecule has 2 N–H and O–H groups in total. The molecule has 0 aliphatic carbocycles. The number of amides is 1. The number of methoxy groups -OCH3 is 2. The van der Waals surface area contributed by atoms with Crippen molar-refractivity contribution in [2.75, 3.05) is 19.2 Å². The maximum absolute atomic E-state index is 12.2. The van der Waals surface area contributed by atoms with Gasteiger partial charge >= 0.3 is 0 Å². The van der Waals surface area contributed by atoms with E-state index in [1.54, 1.807) is 49.6 Å². The Morgan fingerprint density at radius 1 is 1.00 bits per heavy atom. The average molecular weight is 309 g/mol. The number of nitrogens with two attached hydrogens (primary N) is 1. The van der Waals surface area contributed by atoms with Gasteiger partial charge in [0.05, 0.1) is 19.9 Å². The number of nitrogens with zero attached hydrogens (tertiary/aromatic N) is 1. The van der Waals surface area contributed by atoms with Crippen LogP contribution in [0.25, 0.3) is 0 Å². The zero-order valence-corrected chi connectivity index (χ0v) is 12.6. The van der Waals surface area contributed by atoms with Crippen molar-refractivity contribution >= 4 is 24.0 Å². The van der Waals surface area contributed by atoms with E-state index in [0.717, 1.165) is 5.01 Å². The average Bonchev–Trinajstić information content (AvgIpc) is 2.53. The molecule has 1 amide bonds. The lowest BCUT2D eigenvalue weighted by atomic mass is 10.2. The van der Waals surface area contributed by atoms with Crippen LogP contribution in [0.3, 0.4) is 0 Å². The van der Waals surface area contributed by atoms with Crippen LogP contribution in [-0.4, -0.2) is 20.1 Å². The molecule has 0 aliphatic heterocycles. The molecule has 0 aromatic heterocycles. The van der Waals surface area contributed by atoms with E-state index in [2.05, 4.69) is 0 Å². The topological polar surface area (TPSA) is 64.8 Å². The molecule has 0 unspecified atom stereocenters. The second-order valence-electron chi connectivity index (χ2n) is 4.08. The van der Waals surface area contributed by atoms with E-state index in [4.69, 9.17) is 15.3 Å². The zero-order valence-electron chi connectivity index (χ0n) is 11.8. The van der Waals surface area contributed by atoms with Crippen molar-refractivity contribution in [3.8, 4) is 11.5 Å². The number of rotatable bonds is 4. The van der Waals surface area contributed by atoms with E-state index in [9.17, 15) is 4.79 Å². The smallest absolute Gasteiger partial charge is 0.272 e. The number of hydrogen-bond acceptors (Lipinski definition) is 4. The number of ether oxygens (including phenoxy) is 2. The molecule has 0 saturated carbocycles. The van der Waals surface area contributed by atoms with Crippen LogP contribution in [0.5, 0.6) is 11.5 Å². The molecule has 0 saturated heterocycles. The quantitative estimate of drug-likeness (QED) is 0.536. The summed E-state index contributed by atoms with van der Waals surface area (Å²) in [5.74, 6) is 6.67. The minimum absolute atomic E-state index is 0. The first-order valence-electron chi connectivity index (χ1n) is 6.03. The van der Waals surface area contributed by atoms with Gasteiger partial charge in [0.25, 0.3) is 5.91 Å². The first kappa shape index (κ1) is 16.8. The summed E-state index contributed by atoms with van der Waals surface area (Å²) < 4.78 is 10.3. The van der Waals surface area contributed by atoms with Gasteiger partial charge < -0.3 is 9.47 Å². The molecule has 0 atom stereocenters. The first-order chi connectivity index (χ1) is 9.67. The maximum atomic E-state index is 12.2. The molecular weight excluding hydrogens is 292 g/mol. The standard InChI is InChI=1S/C15H16N2O3.ClH/c1-19-13-9-8-12(10-14(13)20-2)17(16)15(18)11-6-4-3-5-7-11;/h3-10H,16H2,1-2H3;1H. The van der Waals surface area contributed by atoms with E-state index < -0.39 is 0 Å². The molecule has 0 heterocycles. The summed E-state index contributed by atoms with van der Waals surface area (Å²) in [5.41, 5.74) is 1.04. The Morgan fingerprint density at radius 3 is 2.19 bits per heavy atom. The van der Waals surface area contributed by atoms with Crippen LogP contribution in [0.2, 0.25) is 0 Å². The van der Waals surface area contributed by atoms with Crippen LogP contribution < -0.4 is 20.3 Å².